The van der Waals surface area contributed by atoms with E-state index < -0.39 is 0 Å². The zero-order valence-electron chi connectivity index (χ0n) is 12.7. The molecule has 0 amide bonds. The normalized spacial score (nSPS) is 19.9. The van der Waals surface area contributed by atoms with E-state index >= 15 is 0 Å². The van der Waals surface area contributed by atoms with Crippen molar-refractivity contribution in [2.24, 2.45) is 5.73 Å². The number of rotatable bonds is 4. The van der Waals surface area contributed by atoms with E-state index in [1.807, 2.05) is 6.07 Å². The van der Waals surface area contributed by atoms with E-state index in [1.165, 1.54) is 11.3 Å². The monoisotopic (exact) mass is 296 g/mol. The topological polar surface area (TPSA) is 38.5 Å². The van der Waals surface area contributed by atoms with Gasteiger partial charge >= 0.3 is 0 Å². The van der Waals surface area contributed by atoms with E-state index in [2.05, 4.69) is 37.8 Å². The van der Waals surface area contributed by atoms with Crippen molar-refractivity contribution in [2.45, 2.75) is 45.3 Å². The van der Waals surface area contributed by atoms with Crippen LogP contribution in [0.5, 0.6) is 0 Å². The molecule has 1 aliphatic rings. The maximum atomic E-state index is 6.19. The fourth-order valence-corrected chi connectivity index (χ4v) is 2.82. The molecule has 2 rings (SSSR count). The minimum Gasteiger partial charge on any atom is -0.372 e. The molecule has 1 aliphatic heterocycles. The molecule has 2 N–H and O–H groups in total. The second kappa shape index (κ2) is 6.33. The van der Waals surface area contributed by atoms with Gasteiger partial charge in [0.15, 0.2) is 0 Å². The quantitative estimate of drug-likeness (QED) is 0.927. The number of benzene rings is 1. The summed E-state index contributed by atoms with van der Waals surface area (Å²) in [5.74, 6) is 0. The molecule has 0 bridgehead atoms. The first-order valence-electron chi connectivity index (χ1n) is 7.34. The summed E-state index contributed by atoms with van der Waals surface area (Å²) in [5, 5.41) is 0.776. The van der Waals surface area contributed by atoms with Gasteiger partial charge in [-0.1, -0.05) is 24.6 Å². The summed E-state index contributed by atoms with van der Waals surface area (Å²) >= 11 is 6.19. The highest BCUT2D eigenvalue weighted by molar-refractivity contribution is 6.30. The molecule has 1 fully saturated rings. The molecular formula is C16H25ClN2O. The zero-order valence-corrected chi connectivity index (χ0v) is 13.4. The molecule has 4 heteroatoms. The first kappa shape index (κ1) is 15.6. The third-order valence-corrected chi connectivity index (χ3v) is 4.06. The summed E-state index contributed by atoms with van der Waals surface area (Å²) in [4.78, 5) is 2.37. The molecule has 0 saturated carbocycles. The fourth-order valence-electron chi connectivity index (χ4n) is 2.65. The minimum atomic E-state index is -0.120. The van der Waals surface area contributed by atoms with Crippen LogP contribution in [0.15, 0.2) is 18.2 Å². The van der Waals surface area contributed by atoms with Crippen LogP contribution in [0.4, 0.5) is 5.69 Å². The number of nitrogens with zero attached hydrogens (tertiary/aromatic N) is 1. The zero-order chi connectivity index (χ0) is 14.8. The first-order valence-corrected chi connectivity index (χ1v) is 7.72. The predicted molar refractivity (Wildman–Crippen MR) is 85.7 cm³/mol. The Labute approximate surface area is 127 Å². The Morgan fingerprint density at radius 1 is 1.45 bits per heavy atom. The van der Waals surface area contributed by atoms with Gasteiger partial charge in [-0.05, 0) is 44.4 Å². The van der Waals surface area contributed by atoms with Gasteiger partial charge in [-0.3, -0.25) is 0 Å². The van der Waals surface area contributed by atoms with Crippen LogP contribution in [-0.2, 0) is 11.2 Å². The smallest absolute Gasteiger partial charge is 0.0801 e. The number of anilines is 1. The number of hydrogen-bond acceptors (Lipinski definition) is 3. The Hall–Kier alpha value is -0.770. The number of halogens is 1. The third kappa shape index (κ3) is 3.87. The van der Waals surface area contributed by atoms with Gasteiger partial charge in [-0.15, -0.1) is 0 Å². The van der Waals surface area contributed by atoms with Gasteiger partial charge in [0.2, 0.25) is 0 Å². The highest BCUT2D eigenvalue weighted by atomic mass is 35.5. The summed E-state index contributed by atoms with van der Waals surface area (Å²) in [6.07, 6.45) is 1.87. The minimum absolute atomic E-state index is 0.120. The molecule has 3 nitrogen and oxygen atoms in total. The van der Waals surface area contributed by atoms with Crippen molar-refractivity contribution in [3.63, 3.8) is 0 Å². The molecule has 1 unspecified atom stereocenters. The van der Waals surface area contributed by atoms with Crippen LogP contribution in [0.1, 0.15) is 32.8 Å². The maximum Gasteiger partial charge on any atom is 0.0801 e. The summed E-state index contributed by atoms with van der Waals surface area (Å²) < 4.78 is 5.79. The van der Waals surface area contributed by atoms with Gasteiger partial charge in [0, 0.05) is 29.8 Å². The number of ether oxygens (including phenoxy) is 1. The summed E-state index contributed by atoms with van der Waals surface area (Å²) in [6, 6.07) is 6.31. The van der Waals surface area contributed by atoms with Gasteiger partial charge in [-0.2, -0.15) is 0 Å². The predicted octanol–water partition coefficient (Wildman–Crippen LogP) is 3.24. The van der Waals surface area contributed by atoms with E-state index in [-0.39, 0.29) is 11.6 Å². The summed E-state index contributed by atoms with van der Waals surface area (Å²) in [5.41, 5.74) is 8.48. The Bertz CT molecular complexity index is 462. The van der Waals surface area contributed by atoms with Crippen LogP contribution < -0.4 is 10.6 Å². The van der Waals surface area contributed by atoms with Gasteiger partial charge < -0.3 is 15.4 Å². The molecule has 1 atom stereocenters. The van der Waals surface area contributed by atoms with E-state index in [4.69, 9.17) is 22.1 Å². The Morgan fingerprint density at radius 3 is 2.85 bits per heavy atom. The van der Waals surface area contributed by atoms with E-state index in [0.29, 0.717) is 0 Å². The molecule has 0 spiro atoms. The van der Waals surface area contributed by atoms with Crippen molar-refractivity contribution in [3.05, 3.63) is 28.8 Å². The largest absolute Gasteiger partial charge is 0.372 e. The van der Waals surface area contributed by atoms with Crippen LogP contribution >= 0.6 is 11.6 Å². The summed E-state index contributed by atoms with van der Waals surface area (Å²) in [7, 11) is 0. The molecule has 20 heavy (non-hydrogen) atoms. The van der Waals surface area contributed by atoms with Crippen molar-refractivity contribution in [1.82, 2.24) is 0 Å². The molecule has 0 aliphatic carbocycles. The standard InChI is InChI=1S/C16H25ClN2O/c1-4-14(18)9-12-5-6-13(17)10-15(12)19-7-8-20-16(2,3)11-19/h5-6,10,14H,4,7-9,11,18H2,1-3H3. The van der Waals surface area contributed by atoms with Gasteiger partial charge in [-0.25, -0.2) is 0 Å². The van der Waals surface area contributed by atoms with Crippen molar-refractivity contribution in [2.75, 3.05) is 24.6 Å². The summed E-state index contributed by atoms with van der Waals surface area (Å²) in [6.45, 7) is 8.90. The highest BCUT2D eigenvalue weighted by Gasteiger charge is 2.28. The molecule has 0 aromatic heterocycles. The molecule has 1 heterocycles. The molecule has 0 radical (unpaired) electrons. The fraction of sp³-hybridized carbons (Fsp3) is 0.625. The lowest BCUT2D eigenvalue weighted by atomic mass is 10.00. The van der Waals surface area contributed by atoms with E-state index in [0.717, 1.165) is 37.6 Å². The number of nitrogens with two attached hydrogens (primary N) is 1. The maximum absolute atomic E-state index is 6.19. The second-order valence-electron chi connectivity index (χ2n) is 6.18. The second-order valence-corrected chi connectivity index (χ2v) is 6.61. The number of morpholine rings is 1. The van der Waals surface area contributed by atoms with Crippen molar-refractivity contribution < 1.29 is 4.74 Å². The van der Waals surface area contributed by atoms with Crippen LogP contribution in [0.2, 0.25) is 5.02 Å². The molecular weight excluding hydrogens is 272 g/mol. The molecule has 1 saturated heterocycles. The van der Waals surface area contributed by atoms with E-state index in [1.54, 1.807) is 0 Å². The van der Waals surface area contributed by atoms with E-state index in [9.17, 15) is 0 Å². The van der Waals surface area contributed by atoms with Crippen LogP contribution in [0, 0.1) is 0 Å². The van der Waals surface area contributed by atoms with Gasteiger partial charge in [0.1, 0.15) is 0 Å². The SMILES string of the molecule is CCC(N)Cc1ccc(Cl)cc1N1CCOC(C)(C)C1. The van der Waals surface area contributed by atoms with Crippen LogP contribution in [0.3, 0.4) is 0 Å². The van der Waals surface area contributed by atoms with Crippen molar-refractivity contribution >= 4 is 17.3 Å². The Morgan fingerprint density at radius 2 is 2.20 bits per heavy atom. The lowest BCUT2D eigenvalue weighted by molar-refractivity contribution is -0.0277. The Balaban J connectivity index is 2.26. The third-order valence-electron chi connectivity index (χ3n) is 3.82. The molecule has 112 valence electrons. The highest BCUT2D eigenvalue weighted by Crippen LogP contribution is 2.29. The molecule has 1 aromatic rings. The van der Waals surface area contributed by atoms with Crippen LogP contribution in [0.25, 0.3) is 0 Å². The van der Waals surface area contributed by atoms with Gasteiger partial charge in [0.05, 0.1) is 12.2 Å². The average molecular weight is 297 g/mol. The Kier molecular flexibility index (Phi) is 4.95. The van der Waals surface area contributed by atoms with Crippen LogP contribution in [-0.4, -0.2) is 31.3 Å². The van der Waals surface area contributed by atoms with Crippen molar-refractivity contribution in [1.29, 1.82) is 0 Å². The van der Waals surface area contributed by atoms with Crippen molar-refractivity contribution in [3.8, 4) is 0 Å². The first-order chi connectivity index (χ1) is 9.41. The lowest BCUT2D eigenvalue weighted by Crippen LogP contribution is -2.48. The average Bonchev–Trinajstić information content (AvgIpc) is 2.39. The van der Waals surface area contributed by atoms with Gasteiger partial charge in [0.25, 0.3) is 0 Å². The number of hydrogen-bond donors (Lipinski definition) is 1. The molecule has 1 aromatic carbocycles. The lowest BCUT2D eigenvalue weighted by Gasteiger charge is -2.40.